The number of rotatable bonds is 5. The molecule has 1 saturated heterocycles. The molecule has 10 nitrogen and oxygen atoms in total. The Balaban J connectivity index is 1.23. The molecule has 0 spiro atoms. The van der Waals surface area contributed by atoms with Crippen molar-refractivity contribution in [3.8, 4) is 5.69 Å². The van der Waals surface area contributed by atoms with Gasteiger partial charge in [0.15, 0.2) is 0 Å². The van der Waals surface area contributed by atoms with Crippen molar-refractivity contribution in [2.45, 2.75) is 26.7 Å². The van der Waals surface area contributed by atoms with Gasteiger partial charge in [0.05, 0.1) is 17.6 Å². The molecule has 11 heteroatoms. The van der Waals surface area contributed by atoms with Crippen LogP contribution in [0.5, 0.6) is 0 Å². The monoisotopic (exact) mass is 492 g/mol. The number of benzene rings is 1. The molecule has 1 aromatic carbocycles. The zero-order chi connectivity index (χ0) is 24.5. The third kappa shape index (κ3) is 4.37. The Kier molecular flexibility index (Phi) is 6.21. The van der Waals surface area contributed by atoms with E-state index in [0.29, 0.717) is 56.2 Å². The predicted octanol–water partition coefficient (Wildman–Crippen LogP) is 2.22. The lowest BCUT2D eigenvalue weighted by atomic mass is 10.1. The molecule has 0 radical (unpaired) electrons. The van der Waals surface area contributed by atoms with Crippen LogP contribution < -0.4 is 10.5 Å². The molecule has 35 heavy (non-hydrogen) atoms. The Hall–Kier alpha value is -3.79. The van der Waals surface area contributed by atoms with Gasteiger partial charge in [-0.25, -0.2) is 9.50 Å². The summed E-state index contributed by atoms with van der Waals surface area (Å²) in [6, 6.07) is 9.16. The van der Waals surface area contributed by atoms with Crippen molar-refractivity contribution in [1.82, 2.24) is 34.3 Å². The highest BCUT2D eigenvalue weighted by atomic mass is 35.5. The molecule has 0 unspecified atom stereocenters. The van der Waals surface area contributed by atoms with Crippen LogP contribution in [-0.2, 0) is 11.2 Å². The van der Waals surface area contributed by atoms with Crippen LogP contribution in [0.1, 0.15) is 23.4 Å². The molecule has 1 amide bonds. The van der Waals surface area contributed by atoms with Gasteiger partial charge in [-0.3, -0.25) is 9.59 Å². The molecule has 5 rings (SSSR count). The molecule has 1 aliphatic rings. The lowest BCUT2D eigenvalue weighted by Gasteiger charge is -2.36. The third-order valence-corrected chi connectivity index (χ3v) is 6.81. The summed E-state index contributed by atoms with van der Waals surface area (Å²) < 4.78 is 3.00. The third-order valence-electron chi connectivity index (χ3n) is 6.45. The molecule has 3 aromatic heterocycles. The van der Waals surface area contributed by atoms with Crippen LogP contribution in [0.3, 0.4) is 0 Å². The molecule has 0 atom stereocenters. The molecule has 1 fully saturated rings. The zero-order valence-corrected chi connectivity index (χ0v) is 20.3. The number of amides is 1. The van der Waals surface area contributed by atoms with Gasteiger partial charge < -0.3 is 9.80 Å². The Morgan fingerprint density at radius 2 is 1.80 bits per heavy atom. The fourth-order valence-electron chi connectivity index (χ4n) is 4.50. The number of anilines is 1. The van der Waals surface area contributed by atoms with Gasteiger partial charge in [0.2, 0.25) is 5.91 Å². The van der Waals surface area contributed by atoms with E-state index in [2.05, 4.69) is 20.2 Å². The molecule has 4 heterocycles. The number of carbonyl (C=O) groups is 1. The molecule has 0 N–H and O–H groups in total. The van der Waals surface area contributed by atoms with E-state index in [4.69, 9.17) is 11.6 Å². The summed E-state index contributed by atoms with van der Waals surface area (Å²) in [5.74, 6) is 0.654. The Morgan fingerprint density at radius 1 is 1.06 bits per heavy atom. The minimum atomic E-state index is -0.363. The predicted molar refractivity (Wildman–Crippen MR) is 132 cm³/mol. The summed E-state index contributed by atoms with van der Waals surface area (Å²) in [7, 11) is 0. The molecule has 0 aliphatic carbocycles. The van der Waals surface area contributed by atoms with Gasteiger partial charge >= 0.3 is 0 Å². The number of aromatic nitrogens is 6. The van der Waals surface area contributed by atoms with E-state index in [1.807, 2.05) is 41.8 Å². The fraction of sp³-hybridized carbons (Fsp3) is 0.333. The second-order valence-electron chi connectivity index (χ2n) is 8.50. The molecular weight excluding hydrogens is 468 g/mol. The van der Waals surface area contributed by atoms with E-state index in [1.165, 1.54) is 11.0 Å². The van der Waals surface area contributed by atoms with Crippen molar-refractivity contribution in [2.75, 3.05) is 31.1 Å². The van der Waals surface area contributed by atoms with Crippen molar-refractivity contribution in [3.63, 3.8) is 0 Å². The van der Waals surface area contributed by atoms with Gasteiger partial charge in [-0.05, 0) is 38.0 Å². The maximum absolute atomic E-state index is 12.9. The maximum Gasteiger partial charge on any atom is 0.292 e. The van der Waals surface area contributed by atoms with E-state index < -0.39 is 0 Å². The summed E-state index contributed by atoms with van der Waals surface area (Å²) in [6.45, 7) is 6.16. The standard InChI is InChI=1S/C24H25ClN8O2/c1-16-19(17(2)32-24(29-16)26-15-28-32)8-9-21(34)31-12-10-30(11-13-31)20-14-27-33(23(35)22(20)25)18-6-4-3-5-7-18/h3-7,14-15H,8-13H2,1-2H3. The van der Waals surface area contributed by atoms with E-state index in [0.717, 1.165) is 17.0 Å². The highest BCUT2D eigenvalue weighted by Gasteiger charge is 2.24. The first kappa shape index (κ1) is 23.0. The number of hydrogen-bond donors (Lipinski definition) is 0. The van der Waals surface area contributed by atoms with Crippen molar-refractivity contribution >= 4 is 29.0 Å². The number of nitrogens with zero attached hydrogens (tertiary/aromatic N) is 8. The molecular formula is C24H25ClN8O2. The van der Waals surface area contributed by atoms with Gasteiger partial charge in [-0.15, -0.1) is 0 Å². The number of halogens is 1. The van der Waals surface area contributed by atoms with Crippen molar-refractivity contribution in [1.29, 1.82) is 0 Å². The average Bonchev–Trinajstić information content (AvgIpc) is 3.35. The average molecular weight is 493 g/mol. The first-order valence-corrected chi connectivity index (χ1v) is 11.8. The Labute approximate surface area is 206 Å². The van der Waals surface area contributed by atoms with Gasteiger partial charge in [0.1, 0.15) is 11.3 Å². The van der Waals surface area contributed by atoms with E-state index >= 15 is 0 Å². The van der Waals surface area contributed by atoms with E-state index in [1.54, 1.807) is 22.8 Å². The molecule has 0 bridgehead atoms. The molecule has 1 aliphatic heterocycles. The maximum atomic E-state index is 12.9. The van der Waals surface area contributed by atoms with Crippen LogP contribution in [0.25, 0.3) is 11.5 Å². The van der Waals surface area contributed by atoms with Crippen LogP contribution in [0.4, 0.5) is 5.69 Å². The summed E-state index contributed by atoms with van der Waals surface area (Å²) in [5.41, 5.74) is 3.73. The minimum Gasteiger partial charge on any atom is -0.365 e. The van der Waals surface area contributed by atoms with Gasteiger partial charge in [0, 0.05) is 44.0 Å². The summed E-state index contributed by atoms with van der Waals surface area (Å²) >= 11 is 6.45. The summed E-state index contributed by atoms with van der Waals surface area (Å²) in [5, 5.41) is 8.66. The van der Waals surface area contributed by atoms with Gasteiger partial charge in [-0.2, -0.15) is 19.9 Å². The second-order valence-corrected chi connectivity index (χ2v) is 8.88. The van der Waals surface area contributed by atoms with Crippen LogP contribution in [0, 0.1) is 13.8 Å². The Bertz CT molecular complexity index is 1440. The molecule has 180 valence electrons. The number of para-hydroxylation sites is 1. The zero-order valence-electron chi connectivity index (χ0n) is 19.6. The summed E-state index contributed by atoms with van der Waals surface area (Å²) in [6.07, 6.45) is 4.08. The number of piperazine rings is 1. The Morgan fingerprint density at radius 3 is 2.54 bits per heavy atom. The second kappa shape index (κ2) is 9.46. The number of hydrogen-bond acceptors (Lipinski definition) is 7. The van der Waals surface area contributed by atoms with Gasteiger partial charge in [-0.1, -0.05) is 29.8 Å². The van der Waals surface area contributed by atoms with Crippen LogP contribution >= 0.6 is 11.6 Å². The first-order valence-electron chi connectivity index (χ1n) is 11.5. The van der Waals surface area contributed by atoms with Crippen LogP contribution in [0.15, 0.2) is 47.7 Å². The SMILES string of the molecule is Cc1nc2ncnn2c(C)c1CCC(=O)N1CCN(c2cnn(-c3ccccc3)c(=O)c2Cl)CC1. The number of aryl methyl sites for hydroxylation is 2. The summed E-state index contributed by atoms with van der Waals surface area (Å²) in [4.78, 5) is 38.2. The smallest absolute Gasteiger partial charge is 0.292 e. The minimum absolute atomic E-state index is 0.0888. The lowest BCUT2D eigenvalue weighted by Crippen LogP contribution is -2.49. The largest absolute Gasteiger partial charge is 0.365 e. The van der Waals surface area contributed by atoms with Crippen LogP contribution in [0.2, 0.25) is 5.02 Å². The van der Waals surface area contributed by atoms with Crippen molar-refractivity contribution in [2.24, 2.45) is 0 Å². The quantitative estimate of drug-likeness (QED) is 0.421. The van der Waals surface area contributed by atoms with Crippen molar-refractivity contribution < 1.29 is 4.79 Å². The van der Waals surface area contributed by atoms with Gasteiger partial charge in [0.25, 0.3) is 11.3 Å². The fourth-order valence-corrected chi connectivity index (χ4v) is 4.75. The highest BCUT2D eigenvalue weighted by Crippen LogP contribution is 2.23. The number of carbonyl (C=O) groups excluding carboxylic acids is 1. The van der Waals surface area contributed by atoms with Crippen molar-refractivity contribution in [3.05, 3.63) is 75.2 Å². The first-order chi connectivity index (χ1) is 16.9. The van der Waals surface area contributed by atoms with E-state index in [9.17, 15) is 9.59 Å². The van der Waals surface area contributed by atoms with Crippen LogP contribution in [-0.4, -0.2) is 66.3 Å². The highest BCUT2D eigenvalue weighted by molar-refractivity contribution is 6.33. The molecule has 0 saturated carbocycles. The number of fused-ring (bicyclic) bond motifs is 1. The normalized spacial score (nSPS) is 14.0. The topological polar surface area (TPSA) is 102 Å². The lowest BCUT2D eigenvalue weighted by molar-refractivity contribution is -0.131. The molecule has 4 aromatic rings. The van der Waals surface area contributed by atoms with E-state index in [-0.39, 0.29) is 16.5 Å².